The van der Waals surface area contributed by atoms with Crippen LogP contribution in [0.25, 0.3) is 0 Å². The van der Waals surface area contributed by atoms with Crippen LogP contribution < -0.4 is 4.72 Å². The molecule has 1 aromatic heterocycles. The third kappa shape index (κ3) is 4.61. The highest BCUT2D eigenvalue weighted by Gasteiger charge is 2.15. The molecule has 0 spiro atoms. The molecule has 1 fully saturated rings. The quantitative estimate of drug-likeness (QED) is 0.822. The van der Waals surface area contributed by atoms with Crippen molar-refractivity contribution in [2.24, 2.45) is 0 Å². The van der Waals surface area contributed by atoms with Crippen LogP contribution in [0.2, 0.25) is 5.15 Å². The summed E-state index contributed by atoms with van der Waals surface area (Å²) in [5, 5.41) is 0.177. The zero-order chi connectivity index (χ0) is 13.7. The molecule has 5 nitrogen and oxygen atoms in total. The van der Waals surface area contributed by atoms with Crippen LogP contribution in [0.3, 0.4) is 0 Å². The molecule has 0 radical (unpaired) electrons. The maximum Gasteiger partial charge on any atom is 0.240 e. The van der Waals surface area contributed by atoms with Gasteiger partial charge in [0.1, 0.15) is 5.15 Å². The number of aromatic nitrogens is 1. The summed E-state index contributed by atoms with van der Waals surface area (Å²) in [5.41, 5.74) is 0. The second-order valence-electron chi connectivity index (χ2n) is 4.17. The number of hydrogen-bond acceptors (Lipinski definition) is 5. The molecule has 0 atom stereocenters. The lowest BCUT2D eigenvalue weighted by Gasteiger charge is -2.25. The predicted octanol–water partition coefficient (Wildman–Crippen LogP) is 1.06. The van der Waals surface area contributed by atoms with Crippen molar-refractivity contribution in [1.29, 1.82) is 0 Å². The molecular weight excluding hydrogens is 306 g/mol. The van der Waals surface area contributed by atoms with Gasteiger partial charge in [-0.15, -0.1) is 0 Å². The van der Waals surface area contributed by atoms with Gasteiger partial charge in [0.05, 0.1) is 4.90 Å². The second-order valence-corrected chi connectivity index (χ2v) is 7.55. The van der Waals surface area contributed by atoms with Crippen LogP contribution in [0, 0.1) is 0 Å². The van der Waals surface area contributed by atoms with Gasteiger partial charge in [0.25, 0.3) is 0 Å². The normalized spacial score (nSPS) is 17.5. The third-order valence-corrected chi connectivity index (χ3v) is 5.44. The van der Waals surface area contributed by atoms with Crippen LogP contribution in [-0.2, 0) is 10.0 Å². The van der Waals surface area contributed by atoms with Crippen molar-refractivity contribution in [3.05, 3.63) is 23.5 Å². The number of nitrogens with zero attached hydrogens (tertiary/aromatic N) is 2. The average molecular weight is 322 g/mol. The molecule has 0 saturated carbocycles. The topological polar surface area (TPSA) is 62.3 Å². The number of thioether (sulfide) groups is 1. The van der Waals surface area contributed by atoms with Crippen molar-refractivity contribution >= 4 is 33.4 Å². The Morgan fingerprint density at radius 2 is 2.16 bits per heavy atom. The van der Waals surface area contributed by atoms with E-state index >= 15 is 0 Å². The number of rotatable bonds is 5. The second kappa shape index (κ2) is 6.90. The van der Waals surface area contributed by atoms with Gasteiger partial charge in [-0.3, -0.25) is 0 Å². The summed E-state index contributed by atoms with van der Waals surface area (Å²) in [4.78, 5) is 6.19. The van der Waals surface area contributed by atoms with Crippen LogP contribution in [-0.4, -0.2) is 56.0 Å². The van der Waals surface area contributed by atoms with Crippen LogP contribution in [0.5, 0.6) is 0 Å². The van der Waals surface area contributed by atoms with Crippen LogP contribution in [0.4, 0.5) is 0 Å². The van der Waals surface area contributed by atoms with Gasteiger partial charge in [-0.05, 0) is 12.1 Å². The molecule has 1 saturated heterocycles. The molecule has 19 heavy (non-hydrogen) atoms. The molecule has 8 heteroatoms. The van der Waals surface area contributed by atoms with E-state index in [-0.39, 0.29) is 10.0 Å². The monoisotopic (exact) mass is 321 g/mol. The van der Waals surface area contributed by atoms with E-state index in [0.717, 1.165) is 31.1 Å². The molecule has 106 valence electrons. The summed E-state index contributed by atoms with van der Waals surface area (Å²) in [7, 11) is -3.49. The van der Waals surface area contributed by atoms with E-state index in [4.69, 9.17) is 11.6 Å². The van der Waals surface area contributed by atoms with Crippen molar-refractivity contribution in [3.63, 3.8) is 0 Å². The number of halogens is 1. The molecule has 0 amide bonds. The van der Waals surface area contributed by atoms with Gasteiger partial charge < -0.3 is 4.90 Å². The number of pyridine rings is 1. The van der Waals surface area contributed by atoms with Gasteiger partial charge in [0.15, 0.2) is 0 Å². The zero-order valence-electron chi connectivity index (χ0n) is 10.4. The largest absolute Gasteiger partial charge is 0.300 e. The lowest BCUT2D eigenvalue weighted by molar-refractivity contribution is 0.307. The van der Waals surface area contributed by atoms with Gasteiger partial charge in [-0.1, -0.05) is 11.6 Å². The SMILES string of the molecule is O=S(=O)(NCCN1CCSCC1)c1ccnc(Cl)c1. The Morgan fingerprint density at radius 3 is 2.84 bits per heavy atom. The lowest BCUT2D eigenvalue weighted by atomic mass is 10.5. The Labute approximate surface area is 122 Å². The minimum Gasteiger partial charge on any atom is -0.300 e. The van der Waals surface area contributed by atoms with Crippen LogP contribution in [0.15, 0.2) is 23.2 Å². The summed E-state index contributed by atoms with van der Waals surface area (Å²) in [6.45, 7) is 3.19. The van der Waals surface area contributed by atoms with Crippen molar-refractivity contribution in [1.82, 2.24) is 14.6 Å². The molecule has 0 aliphatic carbocycles. The fraction of sp³-hybridized carbons (Fsp3) is 0.545. The molecule has 2 heterocycles. The molecular formula is C11H16ClN3O2S2. The molecule has 1 aliphatic heterocycles. The molecule has 1 aromatic rings. The van der Waals surface area contributed by atoms with Crippen molar-refractivity contribution in [3.8, 4) is 0 Å². The summed E-state index contributed by atoms with van der Waals surface area (Å²) < 4.78 is 26.6. The van der Waals surface area contributed by atoms with Crippen molar-refractivity contribution < 1.29 is 8.42 Å². The summed E-state index contributed by atoms with van der Waals surface area (Å²) in [6, 6.07) is 2.78. The van der Waals surface area contributed by atoms with Gasteiger partial charge in [-0.2, -0.15) is 11.8 Å². The Morgan fingerprint density at radius 1 is 1.42 bits per heavy atom. The highest BCUT2D eigenvalue weighted by Crippen LogP contribution is 2.12. The van der Waals surface area contributed by atoms with Gasteiger partial charge in [0.2, 0.25) is 10.0 Å². The van der Waals surface area contributed by atoms with E-state index in [0.29, 0.717) is 6.54 Å². The first kappa shape index (κ1) is 15.1. The maximum absolute atomic E-state index is 12.0. The van der Waals surface area contributed by atoms with Crippen LogP contribution in [0.1, 0.15) is 0 Å². The molecule has 0 bridgehead atoms. The minimum absolute atomic E-state index is 0.154. The predicted molar refractivity (Wildman–Crippen MR) is 78.2 cm³/mol. The summed E-state index contributed by atoms with van der Waals surface area (Å²) >= 11 is 7.63. The number of hydrogen-bond donors (Lipinski definition) is 1. The van der Waals surface area contributed by atoms with E-state index in [1.165, 1.54) is 18.3 Å². The third-order valence-electron chi connectivity index (χ3n) is 2.83. The molecule has 1 N–H and O–H groups in total. The fourth-order valence-corrected chi connectivity index (χ4v) is 4.05. The number of sulfonamides is 1. The first-order valence-corrected chi connectivity index (χ1v) is 9.01. The molecule has 0 unspecified atom stereocenters. The standard InChI is InChI=1S/C11H16ClN3O2S2/c12-11-9-10(1-2-13-11)19(16,17)14-3-4-15-5-7-18-8-6-15/h1-2,9,14H,3-8H2. The fourth-order valence-electron chi connectivity index (χ4n) is 1.80. The first-order chi connectivity index (χ1) is 9.08. The minimum atomic E-state index is -3.49. The smallest absolute Gasteiger partial charge is 0.240 e. The lowest BCUT2D eigenvalue weighted by Crippen LogP contribution is -2.39. The van der Waals surface area contributed by atoms with Crippen LogP contribution >= 0.6 is 23.4 Å². The first-order valence-electron chi connectivity index (χ1n) is 5.99. The van der Waals surface area contributed by atoms with Gasteiger partial charge in [-0.25, -0.2) is 18.1 Å². The van der Waals surface area contributed by atoms with E-state index in [9.17, 15) is 8.42 Å². The van der Waals surface area contributed by atoms with Crippen molar-refractivity contribution in [2.75, 3.05) is 37.7 Å². The van der Waals surface area contributed by atoms with E-state index in [1.54, 1.807) is 0 Å². The Bertz CT molecular complexity index is 518. The average Bonchev–Trinajstić information content (AvgIpc) is 2.40. The Hall–Kier alpha value is -0.340. The van der Waals surface area contributed by atoms with Gasteiger partial charge in [0, 0.05) is 43.9 Å². The summed E-state index contributed by atoms with van der Waals surface area (Å²) in [5.74, 6) is 2.24. The summed E-state index contributed by atoms with van der Waals surface area (Å²) in [6.07, 6.45) is 1.39. The highest BCUT2D eigenvalue weighted by atomic mass is 35.5. The maximum atomic E-state index is 12.0. The van der Waals surface area contributed by atoms with Crippen molar-refractivity contribution in [2.45, 2.75) is 4.90 Å². The Balaban J connectivity index is 1.87. The Kier molecular flexibility index (Phi) is 5.47. The molecule has 0 aromatic carbocycles. The molecule has 1 aliphatic rings. The number of nitrogens with one attached hydrogen (secondary N) is 1. The van der Waals surface area contributed by atoms with E-state index in [2.05, 4.69) is 14.6 Å². The van der Waals surface area contributed by atoms with E-state index in [1.807, 2.05) is 11.8 Å². The zero-order valence-corrected chi connectivity index (χ0v) is 12.8. The highest BCUT2D eigenvalue weighted by molar-refractivity contribution is 7.99. The molecule has 2 rings (SSSR count). The van der Waals surface area contributed by atoms with E-state index < -0.39 is 10.0 Å². The van der Waals surface area contributed by atoms with Gasteiger partial charge >= 0.3 is 0 Å².